The molecule has 0 N–H and O–H groups in total. The first-order valence-corrected chi connectivity index (χ1v) is 13.9. The molecule has 0 aliphatic carbocycles. The molecule has 2 aromatic rings. The van der Waals surface area contributed by atoms with Crippen molar-refractivity contribution in [3.05, 3.63) is 53.3 Å². The number of alkyl halides is 7. The van der Waals surface area contributed by atoms with E-state index in [1.54, 1.807) is 6.07 Å². The lowest BCUT2D eigenvalue weighted by molar-refractivity contribution is -0.155. The maximum Gasteiger partial charge on any atom is 0.534 e. The zero-order chi connectivity index (χ0) is 29.3. The molecule has 3 heterocycles. The summed E-state index contributed by atoms with van der Waals surface area (Å²) in [5.41, 5.74) is -4.72. The highest BCUT2D eigenvalue weighted by Crippen LogP contribution is 2.41. The number of likely N-dealkylation sites (tertiary alicyclic amines) is 1. The van der Waals surface area contributed by atoms with E-state index in [4.69, 9.17) is 4.74 Å². The average molecular weight is 600 g/mol. The highest BCUT2D eigenvalue weighted by molar-refractivity contribution is 7.88. The van der Waals surface area contributed by atoms with Gasteiger partial charge in [0.25, 0.3) is 0 Å². The van der Waals surface area contributed by atoms with Gasteiger partial charge in [0.1, 0.15) is 17.6 Å². The van der Waals surface area contributed by atoms with Gasteiger partial charge in [-0.1, -0.05) is 6.07 Å². The summed E-state index contributed by atoms with van der Waals surface area (Å²) in [6, 6.07) is 4.70. The molecule has 7 nitrogen and oxygen atoms in total. The zero-order valence-electron chi connectivity index (χ0n) is 21.4. The third-order valence-corrected chi connectivity index (χ3v) is 7.83. The zero-order valence-corrected chi connectivity index (χ0v) is 22.2. The van der Waals surface area contributed by atoms with Crippen LogP contribution >= 0.6 is 0 Å². The molecular formula is C25H28F7N3O4S. The Morgan fingerprint density at radius 1 is 1.07 bits per heavy atom. The quantitative estimate of drug-likeness (QED) is 0.228. The van der Waals surface area contributed by atoms with Crippen LogP contribution in [0.4, 0.5) is 30.7 Å². The first-order chi connectivity index (χ1) is 18.7. The number of aromatic nitrogens is 1. The molecule has 222 valence electrons. The van der Waals surface area contributed by atoms with Crippen molar-refractivity contribution < 1.29 is 48.1 Å². The van der Waals surface area contributed by atoms with Gasteiger partial charge in [-0.25, -0.2) is 0 Å². The Hall–Kier alpha value is -2.65. The van der Waals surface area contributed by atoms with E-state index in [-0.39, 0.29) is 18.2 Å². The van der Waals surface area contributed by atoms with E-state index >= 15 is 0 Å². The van der Waals surface area contributed by atoms with Crippen LogP contribution in [0.2, 0.25) is 0 Å². The molecule has 0 bridgehead atoms. The Kier molecular flexibility index (Phi) is 8.85. The van der Waals surface area contributed by atoms with Crippen LogP contribution < -0.4 is 8.92 Å². The molecule has 3 atom stereocenters. The largest absolute Gasteiger partial charge is 0.534 e. The SMILES string of the molecule is C[C@@H]1Cc2cc(OS(=O)(=O)C(F)(F)F)ccc2[C@@H](c2ccc(OC3CCN(CCCF)C3)cn2)N1CC(F)(F)F. The number of halogens is 7. The van der Waals surface area contributed by atoms with Gasteiger partial charge in [0.05, 0.1) is 31.2 Å². The van der Waals surface area contributed by atoms with Crippen LogP contribution in [0, 0.1) is 0 Å². The summed E-state index contributed by atoms with van der Waals surface area (Å²) in [6.07, 6.45) is -2.12. The van der Waals surface area contributed by atoms with E-state index in [2.05, 4.69) is 14.1 Å². The summed E-state index contributed by atoms with van der Waals surface area (Å²) in [4.78, 5) is 7.64. The van der Waals surface area contributed by atoms with Crippen LogP contribution in [0.15, 0.2) is 36.5 Å². The molecule has 1 saturated heterocycles. The molecular weight excluding hydrogens is 571 g/mol. The number of hydrogen-bond acceptors (Lipinski definition) is 7. The van der Waals surface area contributed by atoms with Crippen molar-refractivity contribution in [3.63, 3.8) is 0 Å². The standard InChI is InChI=1S/C25H28F7N3O4S/c1-16-11-17-12-18(39-40(36,37)25(30,31)32)3-5-21(17)23(35(16)15-24(27,28)29)22-6-4-19(13-33-22)38-20-7-10-34(14-20)9-2-8-26/h3-6,12-13,16,20,23H,2,7-11,14-15H2,1H3/t16-,20?,23+/m1/s1. The second-order valence-corrected chi connectivity index (χ2v) is 11.4. The molecule has 1 aromatic heterocycles. The predicted octanol–water partition coefficient (Wildman–Crippen LogP) is 5.02. The van der Waals surface area contributed by atoms with Gasteiger partial charge in [-0.05, 0) is 61.6 Å². The number of ether oxygens (including phenoxy) is 1. The topological polar surface area (TPSA) is 72.0 Å². The molecule has 1 unspecified atom stereocenters. The van der Waals surface area contributed by atoms with Crippen molar-refractivity contribution >= 4 is 10.1 Å². The van der Waals surface area contributed by atoms with E-state index in [1.807, 2.05) is 0 Å². The van der Waals surface area contributed by atoms with Crippen LogP contribution in [-0.4, -0.2) is 79.9 Å². The van der Waals surface area contributed by atoms with Gasteiger partial charge in [0.15, 0.2) is 0 Å². The third-order valence-electron chi connectivity index (χ3n) is 6.85. The summed E-state index contributed by atoms with van der Waals surface area (Å²) in [7, 11) is -5.92. The minimum atomic E-state index is -5.92. The van der Waals surface area contributed by atoms with E-state index in [1.165, 1.54) is 30.2 Å². The van der Waals surface area contributed by atoms with E-state index in [9.17, 15) is 39.2 Å². The van der Waals surface area contributed by atoms with Crippen LogP contribution in [0.1, 0.15) is 42.6 Å². The maximum atomic E-state index is 13.5. The van der Waals surface area contributed by atoms with Crippen molar-refractivity contribution in [2.24, 2.45) is 0 Å². The maximum absolute atomic E-state index is 13.5. The fourth-order valence-electron chi connectivity index (χ4n) is 5.10. The molecule has 0 saturated carbocycles. The fourth-order valence-corrected chi connectivity index (χ4v) is 5.55. The van der Waals surface area contributed by atoms with Gasteiger partial charge >= 0.3 is 21.8 Å². The summed E-state index contributed by atoms with van der Waals surface area (Å²) in [5.74, 6) is -0.186. The molecule has 2 aliphatic heterocycles. The Labute approximate surface area is 227 Å². The summed E-state index contributed by atoms with van der Waals surface area (Å²) in [6.45, 7) is 1.86. The molecule has 0 spiro atoms. The van der Waals surface area contributed by atoms with Gasteiger partial charge in [0, 0.05) is 25.7 Å². The lowest BCUT2D eigenvalue weighted by Crippen LogP contribution is -2.47. The van der Waals surface area contributed by atoms with E-state index in [0.717, 1.165) is 25.1 Å². The molecule has 1 aromatic carbocycles. The minimum Gasteiger partial charge on any atom is -0.487 e. The molecule has 0 radical (unpaired) electrons. The van der Waals surface area contributed by atoms with Gasteiger partial charge in [-0.3, -0.25) is 19.2 Å². The van der Waals surface area contributed by atoms with Crippen molar-refractivity contribution in [2.45, 2.75) is 56.1 Å². The van der Waals surface area contributed by atoms with Crippen molar-refractivity contribution in [3.8, 4) is 11.5 Å². The van der Waals surface area contributed by atoms with Crippen molar-refractivity contribution in [2.75, 3.05) is 32.9 Å². The lowest BCUT2D eigenvalue weighted by atomic mass is 9.86. The highest BCUT2D eigenvalue weighted by atomic mass is 32.2. The Morgan fingerprint density at radius 2 is 1.80 bits per heavy atom. The van der Waals surface area contributed by atoms with Crippen LogP contribution in [-0.2, 0) is 16.5 Å². The van der Waals surface area contributed by atoms with Crippen molar-refractivity contribution in [1.82, 2.24) is 14.8 Å². The first kappa shape index (κ1) is 30.3. The molecule has 40 heavy (non-hydrogen) atoms. The monoisotopic (exact) mass is 599 g/mol. The number of pyridine rings is 1. The Balaban J connectivity index is 1.59. The summed E-state index contributed by atoms with van der Waals surface area (Å²) in [5, 5.41) is 0. The third kappa shape index (κ3) is 7.16. The van der Waals surface area contributed by atoms with E-state index in [0.29, 0.717) is 36.4 Å². The second kappa shape index (κ2) is 11.7. The van der Waals surface area contributed by atoms with Crippen molar-refractivity contribution in [1.29, 1.82) is 0 Å². The highest BCUT2D eigenvalue weighted by Gasteiger charge is 2.49. The fraction of sp³-hybridized carbons (Fsp3) is 0.560. The minimum absolute atomic E-state index is 0.00690. The first-order valence-electron chi connectivity index (χ1n) is 12.5. The van der Waals surface area contributed by atoms with Crippen LogP contribution in [0.5, 0.6) is 11.5 Å². The average Bonchev–Trinajstić information content (AvgIpc) is 3.29. The summed E-state index contributed by atoms with van der Waals surface area (Å²) < 4.78 is 124. The number of nitrogens with zero attached hydrogens (tertiary/aromatic N) is 3. The molecule has 15 heteroatoms. The number of benzene rings is 1. The van der Waals surface area contributed by atoms with Gasteiger partial charge < -0.3 is 8.92 Å². The lowest BCUT2D eigenvalue weighted by Gasteiger charge is -2.42. The Morgan fingerprint density at radius 3 is 2.42 bits per heavy atom. The number of fused-ring (bicyclic) bond motifs is 1. The van der Waals surface area contributed by atoms with Crippen LogP contribution in [0.3, 0.4) is 0 Å². The number of hydrogen-bond donors (Lipinski definition) is 0. The predicted molar refractivity (Wildman–Crippen MR) is 130 cm³/mol. The van der Waals surface area contributed by atoms with Gasteiger partial charge in [-0.2, -0.15) is 34.8 Å². The molecule has 0 amide bonds. The van der Waals surface area contributed by atoms with Gasteiger partial charge in [0.2, 0.25) is 0 Å². The van der Waals surface area contributed by atoms with Crippen LogP contribution in [0.25, 0.3) is 0 Å². The normalized spacial score (nSPS) is 22.8. The molecule has 4 rings (SSSR count). The second-order valence-electron chi connectivity index (χ2n) is 9.88. The van der Waals surface area contributed by atoms with Gasteiger partial charge in [-0.15, -0.1) is 0 Å². The molecule has 1 fully saturated rings. The number of rotatable bonds is 9. The molecule has 2 aliphatic rings. The smallest absolute Gasteiger partial charge is 0.487 e. The summed E-state index contributed by atoms with van der Waals surface area (Å²) >= 11 is 0. The Bertz CT molecular complexity index is 1270. The van der Waals surface area contributed by atoms with E-state index < -0.39 is 52.9 Å².